The van der Waals surface area contributed by atoms with Gasteiger partial charge in [-0.25, -0.2) is 9.78 Å². The predicted octanol–water partition coefficient (Wildman–Crippen LogP) is 4.17. The summed E-state index contributed by atoms with van der Waals surface area (Å²) in [6, 6.07) is 8.83. The lowest BCUT2D eigenvalue weighted by Gasteiger charge is -2.54. The standard InChI is InChI=1S/C31H43N5O3/c1-32-26-18-34(28(26)31(38)39)29-30(37)36(27-12-5-4-11-25(27)33-29)24-16-21-9-6-10-22(17-24)35(21)23-14-19-7-2-3-8-20(13-19)15-23/h4-5,11-12,19-24,26,28,32H,2-3,6-10,13-18H2,1H3,(H,38,39)/t19?,20?,21-,22+,23?,24+,26-,28+/m1/s1. The lowest BCUT2D eigenvalue weighted by Crippen LogP contribution is -2.69. The van der Waals surface area contributed by atoms with Gasteiger partial charge in [0.2, 0.25) is 0 Å². The van der Waals surface area contributed by atoms with Gasteiger partial charge in [-0.1, -0.05) is 44.2 Å². The number of aliphatic carboxylic acids is 1. The highest BCUT2D eigenvalue weighted by molar-refractivity contribution is 5.83. The largest absolute Gasteiger partial charge is 0.480 e. The Morgan fingerprint density at radius 3 is 2.26 bits per heavy atom. The van der Waals surface area contributed by atoms with Crippen molar-refractivity contribution < 1.29 is 9.90 Å². The maximum absolute atomic E-state index is 14.2. The molecule has 0 amide bonds. The number of nitrogens with one attached hydrogen (secondary N) is 1. The second-order valence-electron chi connectivity index (χ2n) is 13.1. The van der Waals surface area contributed by atoms with Gasteiger partial charge in [-0.2, -0.15) is 0 Å². The van der Waals surface area contributed by atoms with E-state index in [4.69, 9.17) is 4.98 Å². The first-order chi connectivity index (χ1) is 19.0. The Hall–Kier alpha value is -2.45. The monoisotopic (exact) mass is 533 g/mol. The molecule has 4 bridgehead atoms. The molecule has 3 aliphatic heterocycles. The van der Waals surface area contributed by atoms with Gasteiger partial charge in [-0.15, -0.1) is 0 Å². The second-order valence-corrected chi connectivity index (χ2v) is 13.1. The third kappa shape index (κ3) is 4.38. The van der Waals surface area contributed by atoms with E-state index in [0.29, 0.717) is 24.7 Å². The van der Waals surface area contributed by atoms with Crippen LogP contribution in [0, 0.1) is 11.8 Å². The predicted molar refractivity (Wildman–Crippen MR) is 152 cm³/mol. The van der Waals surface area contributed by atoms with Crippen molar-refractivity contribution >= 4 is 22.8 Å². The average molecular weight is 534 g/mol. The summed E-state index contributed by atoms with van der Waals surface area (Å²) in [4.78, 5) is 35.6. The quantitative estimate of drug-likeness (QED) is 0.596. The summed E-state index contributed by atoms with van der Waals surface area (Å²) in [7, 11) is 1.78. The van der Waals surface area contributed by atoms with Crippen LogP contribution in [0.2, 0.25) is 0 Å². The minimum absolute atomic E-state index is 0.117. The molecule has 3 saturated heterocycles. The molecule has 2 aromatic rings. The lowest BCUT2D eigenvalue weighted by atomic mass is 9.73. The van der Waals surface area contributed by atoms with Crippen LogP contribution in [0.25, 0.3) is 11.0 Å². The van der Waals surface area contributed by atoms with Crippen LogP contribution in [0.15, 0.2) is 29.1 Å². The van der Waals surface area contributed by atoms with E-state index in [9.17, 15) is 14.7 Å². The molecule has 0 radical (unpaired) electrons. The third-order valence-electron chi connectivity index (χ3n) is 10.9. The number of hydrogen-bond donors (Lipinski definition) is 2. The number of carboxylic acids is 1. The summed E-state index contributed by atoms with van der Waals surface area (Å²) in [5.74, 6) is 1.18. The maximum atomic E-state index is 14.2. The molecule has 5 fully saturated rings. The number of anilines is 1. The van der Waals surface area contributed by atoms with E-state index >= 15 is 0 Å². The number of para-hydroxylation sites is 2. The molecule has 1 aromatic heterocycles. The minimum atomic E-state index is -0.919. The van der Waals surface area contributed by atoms with Gasteiger partial charge in [-0.3, -0.25) is 9.69 Å². The molecule has 1 aromatic carbocycles. The maximum Gasteiger partial charge on any atom is 0.328 e. The molecule has 2 saturated carbocycles. The average Bonchev–Trinajstić information content (AvgIpc) is 3.06. The van der Waals surface area contributed by atoms with Crippen molar-refractivity contribution in [3.63, 3.8) is 0 Å². The summed E-state index contributed by atoms with van der Waals surface area (Å²) in [5.41, 5.74) is 1.52. The lowest BCUT2D eigenvalue weighted by molar-refractivity contribution is -0.140. The molecule has 2 aliphatic carbocycles. The van der Waals surface area contributed by atoms with Crippen LogP contribution in [0.5, 0.6) is 0 Å². The number of rotatable bonds is 5. The van der Waals surface area contributed by atoms with Crippen molar-refractivity contribution in [2.45, 2.75) is 113 Å². The summed E-state index contributed by atoms with van der Waals surface area (Å²) in [6.45, 7) is 0.474. The number of fused-ring (bicyclic) bond motifs is 5. The van der Waals surface area contributed by atoms with Crippen LogP contribution in [-0.4, -0.2) is 69.3 Å². The Morgan fingerprint density at radius 1 is 0.897 bits per heavy atom. The van der Waals surface area contributed by atoms with Gasteiger partial charge in [0.15, 0.2) is 5.82 Å². The molecule has 0 spiro atoms. The van der Waals surface area contributed by atoms with Crippen LogP contribution in [0.1, 0.15) is 83.1 Å². The van der Waals surface area contributed by atoms with E-state index in [1.807, 2.05) is 28.8 Å². The van der Waals surface area contributed by atoms with Crippen LogP contribution in [-0.2, 0) is 4.79 Å². The van der Waals surface area contributed by atoms with E-state index in [0.717, 1.165) is 35.7 Å². The van der Waals surface area contributed by atoms with Crippen molar-refractivity contribution in [3.05, 3.63) is 34.6 Å². The highest BCUT2D eigenvalue weighted by atomic mass is 16.4. The van der Waals surface area contributed by atoms with Gasteiger partial charge >= 0.3 is 5.97 Å². The van der Waals surface area contributed by atoms with Crippen molar-refractivity contribution in [3.8, 4) is 0 Å². The SMILES string of the molecule is CN[C@@H]1CN(c2nc3ccccc3n([C@H]3C[C@H]4CCC[C@@H](C3)N4C3CC4CCCCC(C4)C3)c2=O)[C@@H]1C(=O)O. The zero-order valence-corrected chi connectivity index (χ0v) is 23.2. The number of piperidine rings is 2. The van der Waals surface area contributed by atoms with E-state index in [2.05, 4.69) is 10.2 Å². The van der Waals surface area contributed by atoms with Gasteiger partial charge in [0.05, 0.1) is 17.1 Å². The fraction of sp³-hybridized carbons (Fsp3) is 0.710. The van der Waals surface area contributed by atoms with E-state index in [1.165, 1.54) is 64.2 Å². The third-order valence-corrected chi connectivity index (χ3v) is 10.9. The summed E-state index contributed by atoms with van der Waals surface area (Å²) < 4.78 is 2.01. The molecule has 4 heterocycles. The fourth-order valence-electron chi connectivity index (χ4n) is 9.27. The Morgan fingerprint density at radius 2 is 1.59 bits per heavy atom. The summed E-state index contributed by atoms with van der Waals surface area (Å²) >= 11 is 0. The zero-order valence-electron chi connectivity index (χ0n) is 23.2. The van der Waals surface area contributed by atoms with Gasteiger partial charge in [0.1, 0.15) is 6.04 Å². The Kier molecular flexibility index (Phi) is 6.66. The molecular formula is C31H43N5O3. The van der Waals surface area contributed by atoms with Gasteiger partial charge in [0, 0.05) is 30.7 Å². The van der Waals surface area contributed by atoms with Crippen LogP contribution >= 0.6 is 0 Å². The first-order valence-corrected chi connectivity index (χ1v) is 15.5. The van der Waals surface area contributed by atoms with Crippen molar-refractivity contribution in [2.24, 2.45) is 11.8 Å². The van der Waals surface area contributed by atoms with Gasteiger partial charge in [-0.05, 0) is 76.0 Å². The number of benzene rings is 1. The molecule has 8 heteroatoms. The van der Waals surface area contributed by atoms with Crippen molar-refractivity contribution in [1.82, 2.24) is 19.8 Å². The highest BCUT2D eigenvalue weighted by Crippen LogP contribution is 2.47. The molecule has 7 rings (SSSR count). The molecule has 210 valence electrons. The van der Waals surface area contributed by atoms with Gasteiger partial charge < -0.3 is 19.9 Å². The first kappa shape index (κ1) is 25.5. The summed E-state index contributed by atoms with van der Waals surface area (Å²) in [6.07, 6.45) is 15.6. The number of carboxylic acid groups (broad SMARTS) is 1. The normalized spacial score (nSPS) is 36.8. The first-order valence-electron chi connectivity index (χ1n) is 15.5. The fourth-order valence-corrected chi connectivity index (χ4v) is 9.27. The van der Waals surface area contributed by atoms with Crippen molar-refractivity contribution in [1.29, 1.82) is 0 Å². The molecule has 39 heavy (non-hydrogen) atoms. The number of carbonyl (C=O) groups is 1. The number of likely N-dealkylation sites (N-methyl/N-ethyl adjacent to an activating group) is 1. The molecule has 5 aliphatic rings. The smallest absolute Gasteiger partial charge is 0.328 e. The number of aromatic nitrogens is 2. The van der Waals surface area contributed by atoms with Crippen LogP contribution in [0.3, 0.4) is 0 Å². The highest BCUT2D eigenvalue weighted by Gasteiger charge is 2.47. The van der Waals surface area contributed by atoms with Crippen molar-refractivity contribution in [2.75, 3.05) is 18.5 Å². The Balaban J connectivity index is 1.22. The molecule has 7 atom stereocenters. The minimum Gasteiger partial charge on any atom is -0.480 e. The van der Waals surface area contributed by atoms with E-state index < -0.39 is 12.0 Å². The van der Waals surface area contributed by atoms with E-state index in [-0.39, 0.29) is 23.5 Å². The van der Waals surface area contributed by atoms with E-state index in [1.54, 1.807) is 11.9 Å². The summed E-state index contributed by atoms with van der Waals surface area (Å²) in [5, 5.41) is 13.0. The Labute approximate surface area is 230 Å². The number of hydrogen-bond acceptors (Lipinski definition) is 6. The Bertz CT molecular complexity index is 1270. The molecule has 8 nitrogen and oxygen atoms in total. The van der Waals surface area contributed by atoms with Gasteiger partial charge in [0.25, 0.3) is 5.56 Å². The number of nitrogens with zero attached hydrogens (tertiary/aromatic N) is 4. The second kappa shape index (κ2) is 10.2. The van der Waals surface area contributed by atoms with Crippen LogP contribution < -0.4 is 15.8 Å². The zero-order chi connectivity index (χ0) is 26.7. The molecular weight excluding hydrogens is 490 g/mol. The van der Waals surface area contributed by atoms with Crippen LogP contribution in [0.4, 0.5) is 5.82 Å². The molecule has 2 unspecified atom stereocenters. The topological polar surface area (TPSA) is 90.7 Å². The molecule has 2 N–H and O–H groups in total.